The summed E-state index contributed by atoms with van der Waals surface area (Å²) < 4.78 is 0. The third-order valence-corrected chi connectivity index (χ3v) is 5.36. The van der Waals surface area contributed by atoms with Crippen molar-refractivity contribution < 1.29 is 0 Å². The molecular weight excluding hydrogens is 230 g/mol. The summed E-state index contributed by atoms with van der Waals surface area (Å²) in [6.45, 7) is 11.5. The largest absolute Gasteiger partial charge is 0.316 e. The zero-order chi connectivity index (χ0) is 12.0. The zero-order valence-electron chi connectivity index (χ0n) is 10.9. The standard InChI is InChI=1S/C13H21N3S/c1-9-15-11(8-17-9)7-16-6-10-4-14-5-12(10)13(16,2)3/h8,10,12,14H,4-7H2,1-3H3. The quantitative estimate of drug-likeness (QED) is 0.870. The second kappa shape index (κ2) is 4.04. The minimum absolute atomic E-state index is 0.311. The maximum atomic E-state index is 4.59. The highest BCUT2D eigenvalue weighted by Crippen LogP contribution is 2.41. The zero-order valence-corrected chi connectivity index (χ0v) is 11.7. The summed E-state index contributed by atoms with van der Waals surface area (Å²) in [5.74, 6) is 1.65. The van der Waals surface area contributed by atoms with Crippen LogP contribution in [0.4, 0.5) is 0 Å². The Morgan fingerprint density at radius 1 is 1.53 bits per heavy atom. The van der Waals surface area contributed by atoms with Crippen molar-refractivity contribution in [2.45, 2.75) is 32.9 Å². The number of aromatic nitrogens is 1. The molecule has 0 aliphatic carbocycles. The number of aryl methyl sites for hydroxylation is 1. The summed E-state index contributed by atoms with van der Waals surface area (Å²) in [6.07, 6.45) is 0. The molecule has 2 aliphatic rings. The Bertz CT molecular complexity index is 413. The lowest BCUT2D eigenvalue weighted by atomic mass is 9.85. The molecule has 3 nitrogen and oxygen atoms in total. The van der Waals surface area contributed by atoms with E-state index in [0.29, 0.717) is 5.54 Å². The van der Waals surface area contributed by atoms with Crippen molar-refractivity contribution in [3.63, 3.8) is 0 Å². The number of thiazole rings is 1. The molecule has 2 aliphatic heterocycles. The molecule has 0 amide bonds. The van der Waals surface area contributed by atoms with Gasteiger partial charge in [0.2, 0.25) is 0 Å². The molecule has 17 heavy (non-hydrogen) atoms. The number of hydrogen-bond acceptors (Lipinski definition) is 4. The van der Waals surface area contributed by atoms with Crippen LogP contribution in [0.1, 0.15) is 24.5 Å². The lowest BCUT2D eigenvalue weighted by Gasteiger charge is -2.35. The van der Waals surface area contributed by atoms with Gasteiger partial charge in [-0.15, -0.1) is 11.3 Å². The van der Waals surface area contributed by atoms with Gasteiger partial charge in [-0.2, -0.15) is 0 Å². The van der Waals surface area contributed by atoms with Crippen LogP contribution in [0.25, 0.3) is 0 Å². The molecule has 0 radical (unpaired) electrons. The van der Waals surface area contributed by atoms with Crippen LogP contribution in [0.3, 0.4) is 0 Å². The fourth-order valence-electron chi connectivity index (χ4n) is 3.45. The summed E-state index contributed by atoms with van der Waals surface area (Å²) in [5.41, 5.74) is 1.56. The summed E-state index contributed by atoms with van der Waals surface area (Å²) in [6, 6.07) is 0. The van der Waals surface area contributed by atoms with Gasteiger partial charge in [-0.1, -0.05) is 0 Å². The second-order valence-corrected chi connectivity index (χ2v) is 6.98. The van der Waals surface area contributed by atoms with Gasteiger partial charge in [-0.25, -0.2) is 4.98 Å². The fraction of sp³-hybridized carbons (Fsp3) is 0.769. The van der Waals surface area contributed by atoms with E-state index in [9.17, 15) is 0 Å². The van der Waals surface area contributed by atoms with Gasteiger partial charge in [0.25, 0.3) is 0 Å². The third kappa shape index (κ3) is 1.92. The van der Waals surface area contributed by atoms with Gasteiger partial charge in [0.1, 0.15) is 0 Å². The molecule has 0 saturated carbocycles. The number of nitrogens with zero attached hydrogens (tertiary/aromatic N) is 2. The van der Waals surface area contributed by atoms with E-state index in [1.54, 1.807) is 11.3 Å². The van der Waals surface area contributed by atoms with Crippen molar-refractivity contribution in [1.29, 1.82) is 0 Å². The smallest absolute Gasteiger partial charge is 0.0897 e. The molecule has 0 aromatic carbocycles. The average molecular weight is 251 g/mol. The van der Waals surface area contributed by atoms with E-state index in [2.05, 4.69) is 41.4 Å². The molecule has 4 heteroatoms. The Kier molecular flexibility index (Phi) is 2.76. The number of nitrogens with one attached hydrogen (secondary N) is 1. The van der Waals surface area contributed by atoms with E-state index in [4.69, 9.17) is 0 Å². The Labute approximate surface area is 107 Å². The molecule has 2 fully saturated rings. The van der Waals surface area contributed by atoms with E-state index >= 15 is 0 Å². The van der Waals surface area contributed by atoms with Gasteiger partial charge in [-0.05, 0) is 39.2 Å². The molecule has 1 N–H and O–H groups in total. The van der Waals surface area contributed by atoms with Crippen LogP contribution in [-0.2, 0) is 6.54 Å². The van der Waals surface area contributed by atoms with Crippen molar-refractivity contribution in [3.8, 4) is 0 Å². The van der Waals surface area contributed by atoms with Crippen LogP contribution in [0.5, 0.6) is 0 Å². The first-order valence-corrected chi connectivity index (χ1v) is 7.32. The first kappa shape index (κ1) is 11.6. The van der Waals surface area contributed by atoms with Gasteiger partial charge < -0.3 is 5.32 Å². The normalized spacial score (nSPS) is 31.9. The van der Waals surface area contributed by atoms with E-state index in [-0.39, 0.29) is 0 Å². The first-order valence-electron chi connectivity index (χ1n) is 6.44. The lowest BCUT2D eigenvalue weighted by Crippen LogP contribution is -2.43. The average Bonchev–Trinajstić information content (AvgIpc) is 2.90. The molecule has 0 bridgehead atoms. The molecule has 2 saturated heterocycles. The van der Waals surface area contributed by atoms with Crippen LogP contribution < -0.4 is 5.32 Å². The number of rotatable bonds is 2. The van der Waals surface area contributed by atoms with E-state index in [1.807, 2.05) is 0 Å². The van der Waals surface area contributed by atoms with Gasteiger partial charge in [-0.3, -0.25) is 4.90 Å². The second-order valence-electron chi connectivity index (χ2n) is 5.92. The van der Waals surface area contributed by atoms with Gasteiger partial charge >= 0.3 is 0 Å². The summed E-state index contributed by atoms with van der Waals surface area (Å²) in [5, 5.41) is 6.91. The molecule has 1 aromatic heterocycles. The third-order valence-electron chi connectivity index (χ3n) is 4.54. The summed E-state index contributed by atoms with van der Waals surface area (Å²) in [4.78, 5) is 7.22. The van der Waals surface area contributed by atoms with E-state index < -0.39 is 0 Å². The predicted molar refractivity (Wildman–Crippen MR) is 71.2 cm³/mol. The molecule has 94 valence electrons. The molecule has 0 spiro atoms. The highest BCUT2D eigenvalue weighted by atomic mass is 32.1. The Hall–Kier alpha value is -0.450. The van der Waals surface area contributed by atoms with E-state index in [1.165, 1.54) is 30.3 Å². The first-order chi connectivity index (χ1) is 8.07. The monoisotopic (exact) mass is 251 g/mol. The van der Waals surface area contributed by atoms with Crippen LogP contribution in [0, 0.1) is 18.8 Å². The van der Waals surface area contributed by atoms with Crippen LogP contribution in [-0.4, -0.2) is 35.1 Å². The van der Waals surface area contributed by atoms with Gasteiger partial charge in [0, 0.05) is 30.6 Å². The Morgan fingerprint density at radius 2 is 2.35 bits per heavy atom. The summed E-state index contributed by atoms with van der Waals surface area (Å²) >= 11 is 1.76. The minimum Gasteiger partial charge on any atom is -0.316 e. The van der Waals surface area contributed by atoms with Crippen LogP contribution >= 0.6 is 11.3 Å². The highest BCUT2D eigenvalue weighted by molar-refractivity contribution is 7.09. The Balaban J connectivity index is 1.76. The Morgan fingerprint density at radius 3 is 3.00 bits per heavy atom. The molecule has 2 unspecified atom stereocenters. The van der Waals surface area contributed by atoms with Crippen molar-refractivity contribution in [1.82, 2.24) is 15.2 Å². The van der Waals surface area contributed by atoms with Crippen LogP contribution in [0.2, 0.25) is 0 Å². The molecule has 1 aromatic rings. The van der Waals surface area contributed by atoms with Crippen molar-refractivity contribution >= 4 is 11.3 Å². The number of likely N-dealkylation sites (tertiary alicyclic amines) is 1. The minimum atomic E-state index is 0.311. The van der Waals surface area contributed by atoms with Gasteiger partial charge in [0.05, 0.1) is 10.7 Å². The van der Waals surface area contributed by atoms with Gasteiger partial charge in [0.15, 0.2) is 0 Å². The SMILES string of the molecule is Cc1nc(CN2CC3CNCC3C2(C)C)cs1. The number of fused-ring (bicyclic) bond motifs is 1. The maximum absolute atomic E-state index is 4.59. The fourth-order valence-corrected chi connectivity index (χ4v) is 4.05. The van der Waals surface area contributed by atoms with Crippen molar-refractivity contribution in [3.05, 3.63) is 16.1 Å². The molecule has 2 atom stereocenters. The molecular formula is C13H21N3S. The predicted octanol–water partition coefficient (Wildman–Crippen LogP) is 1.88. The number of hydrogen-bond donors (Lipinski definition) is 1. The van der Waals surface area contributed by atoms with Crippen LogP contribution in [0.15, 0.2) is 5.38 Å². The topological polar surface area (TPSA) is 28.2 Å². The maximum Gasteiger partial charge on any atom is 0.0897 e. The molecule has 3 rings (SSSR count). The summed E-state index contributed by atoms with van der Waals surface area (Å²) in [7, 11) is 0. The van der Waals surface area contributed by atoms with Crippen molar-refractivity contribution in [2.75, 3.05) is 19.6 Å². The highest BCUT2D eigenvalue weighted by Gasteiger charge is 2.49. The lowest BCUT2D eigenvalue weighted by molar-refractivity contribution is 0.130. The van der Waals surface area contributed by atoms with E-state index in [0.717, 1.165) is 18.4 Å². The molecule has 3 heterocycles. The van der Waals surface area contributed by atoms with Crippen molar-refractivity contribution in [2.24, 2.45) is 11.8 Å².